The van der Waals surface area contributed by atoms with E-state index in [1.54, 1.807) is 6.07 Å². The summed E-state index contributed by atoms with van der Waals surface area (Å²) in [5.74, 6) is 0.373. The predicted octanol–water partition coefficient (Wildman–Crippen LogP) is 4.27. The van der Waals surface area contributed by atoms with Crippen molar-refractivity contribution in [3.8, 4) is 0 Å². The zero-order valence-corrected chi connectivity index (χ0v) is 14.8. The third-order valence-electron chi connectivity index (χ3n) is 3.92. The van der Waals surface area contributed by atoms with Crippen LogP contribution in [-0.2, 0) is 10.0 Å². The number of aryl methyl sites for hydroxylation is 1. The fraction of sp³-hybridized carbons (Fsp3) is 0.571. The number of hydrogen-bond donors (Lipinski definition) is 1. The van der Waals surface area contributed by atoms with Crippen molar-refractivity contribution in [1.82, 2.24) is 4.72 Å². The van der Waals surface area contributed by atoms with Gasteiger partial charge >= 0.3 is 0 Å². The van der Waals surface area contributed by atoms with Crippen molar-refractivity contribution >= 4 is 37.6 Å². The first-order valence-electron chi connectivity index (χ1n) is 6.79. The average molecular weight is 381 g/mol. The van der Waals surface area contributed by atoms with Gasteiger partial charge in [0.2, 0.25) is 10.0 Å². The Hall–Kier alpha value is -0.100. The Morgan fingerprint density at radius 1 is 1.30 bits per heavy atom. The van der Waals surface area contributed by atoms with E-state index in [-0.39, 0.29) is 10.9 Å². The Labute approximate surface area is 134 Å². The lowest BCUT2D eigenvalue weighted by atomic mass is 9.87. The molecule has 0 bridgehead atoms. The molecule has 0 unspecified atom stereocenters. The van der Waals surface area contributed by atoms with Crippen LogP contribution in [-0.4, -0.2) is 14.5 Å². The molecule has 1 aromatic carbocycles. The molecule has 1 N–H and O–H groups in total. The molecule has 0 amide bonds. The number of rotatable bonds is 3. The smallest absolute Gasteiger partial charge is 0.208 e. The van der Waals surface area contributed by atoms with Gasteiger partial charge in [-0.2, -0.15) is 0 Å². The Morgan fingerprint density at radius 2 is 1.95 bits per heavy atom. The second kappa shape index (κ2) is 6.34. The van der Waals surface area contributed by atoms with Gasteiger partial charge in [0.1, 0.15) is 0 Å². The molecule has 112 valence electrons. The molecule has 1 aliphatic carbocycles. The number of nitrogens with one attached hydrogen (secondary N) is 1. The van der Waals surface area contributed by atoms with Crippen LogP contribution in [0.3, 0.4) is 0 Å². The average Bonchev–Trinajstić information content (AvgIpc) is 2.36. The predicted molar refractivity (Wildman–Crippen MR) is 85.6 cm³/mol. The summed E-state index contributed by atoms with van der Waals surface area (Å²) in [7, 11) is -3.54. The molecule has 2 rings (SSSR count). The number of benzene rings is 1. The fourth-order valence-electron chi connectivity index (χ4n) is 2.59. The zero-order chi connectivity index (χ0) is 14.9. The quantitative estimate of drug-likeness (QED) is 0.851. The molecular formula is C14H19BrClNO2S. The largest absolute Gasteiger partial charge is 0.242 e. The van der Waals surface area contributed by atoms with Gasteiger partial charge < -0.3 is 0 Å². The van der Waals surface area contributed by atoms with E-state index < -0.39 is 10.0 Å². The molecule has 0 saturated heterocycles. The number of sulfonamides is 1. The van der Waals surface area contributed by atoms with Gasteiger partial charge in [-0.25, -0.2) is 13.1 Å². The first-order chi connectivity index (χ1) is 9.31. The third-order valence-corrected chi connectivity index (χ3v) is 6.78. The van der Waals surface area contributed by atoms with Crippen molar-refractivity contribution in [2.24, 2.45) is 5.92 Å². The van der Waals surface area contributed by atoms with E-state index in [9.17, 15) is 8.42 Å². The van der Waals surface area contributed by atoms with Crippen LogP contribution in [0.15, 0.2) is 21.5 Å². The number of halogens is 2. The van der Waals surface area contributed by atoms with E-state index in [4.69, 9.17) is 11.6 Å². The normalized spacial score (nSPS) is 23.8. The second-order valence-corrected chi connectivity index (χ2v) is 8.47. The second-order valence-electron chi connectivity index (χ2n) is 5.52. The van der Waals surface area contributed by atoms with E-state index in [1.807, 2.05) is 6.92 Å². The highest BCUT2D eigenvalue weighted by Crippen LogP contribution is 2.30. The lowest BCUT2D eigenvalue weighted by molar-refractivity contribution is 0.310. The summed E-state index contributed by atoms with van der Waals surface area (Å²) in [6.45, 7) is 3.95. The summed E-state index contributed by atoms with van der Waals surface area (Å²) in [5.41, 5.74) is 0.850. The first-order valence-corrected chi connectivity index (χ1v) is 9.44. The number of hydrogen-bond acceptors (Lipinski definition) is 2. The molecule has 3 nitrogen and oxygen atoms in total. The van der Waals surface area contributed by atoms with Crippen LogP contribution < -0.4 is 4.72 Å². The minimum absolute atomic E-state index is 0.0146. The SMILES string of the molecule is Cc1cc(Br)c(S(=O)(=O)N[C@@H]2CCCC[C@@H]2C)cc1Cl. The molecule has 2 atom stereocenters. The summed E-state index contributed by atoms with van der Waals surface area (Å²) in [5, 5.41) is 0.463. The maximum Gasteiger partial charge on any atom is 0.242 e. The van der Waals surface area contributed by atoms with Crippen LogP contribution in [0, 0.1) is 12.8 Å². The molecule has 1 aromatic rings. The first kappa shape index (κ1) is 16.3. The van der Waals surface area contributed by atoms with Crippen LogP contribution in [0.5, 0.6) is 0 Å². The van der Waals surface area contributed by atoms with E-state index in [1.165, 1.54) is 12.5 Å². The van der Waals surface area contributed by atoms with Gasteiger partial charge in [0, 0.05) is 15.5 Å². The molecule has 20 heavy (non-hydrogen) atoms. The highest BCUT2D eigenvalue weighted by atomic mass is 79.9. The molecule has 1 saturated carbocycles. The lowest BCUT2D eigenvalue weighted by Gasteiger charge is -2.29. The monoisotopic (exact) mass is 379 g/mol. The van der Waals surface area contributed by atoms with Crippen LogP contribution in [0.4, 0.5) is 0 Å². The van der Waals surface area contributed by atoms with Crippen molar-refractivity contribution in [3.05, 3.63) is 27.2 Å². The third kappa shape index (κ3) is 3.56. The van der Waals surface area contributed by atoms with Gasteiger partial charge in [-0.1, -0.05) is 31.4 Å². The minimum Gasteiger partial charge on any atom is -0.208 e. The molecule has 0 radical (unpaired) electrons. The van der Waals surface area contributed by atoms with Gasteiger partial charge in [-0.15, -0.1) is 0 Å². The summed E-state index contributed by atoms with van der Waals surface area (Å²) < 4.78 is 28.4. The Morgan fingerprint density at radius 3 is 2.60 bits per heavy atom. The summed E-state index contributed by atoms with van der Waals surface area (Å²) in [6, 6.07) is 3.26. The lowest BCUT2D eigenvalue weighted by Crippen LogP contribution is -2.41. The highest BCUT2D eigenvalue weighted by Gasteiger charge is 2.28. The van der Waals surface area contributed by atoms with Gasteiger partial charge in [0.25, 0.3) is 0 Å². The molecular weight excluding hydrogens is 362 g/mol. The molecule has 0 spiro atoms. The topological polar surface area (TPSA) is 46.2 Å². The van der Waals surface area contributed by atoms with Crippen LogP contribution in [0.25, 0.3) is 0 Å². The molecule has 0 aromatic heterocycles. The maximum atomic E-state index is 12.5. The van der Waals surface area contributed by atoms with E-state index in [0.29, 0.717) is 15.4 Å². The summed E-state index contributed by atoms with van der Waals surface area (Å²) in [6.07, 6.45) is 4.23. The molecule has 0 heterocycles. The van der Waals surface area contributed by atoms with Gasteiger partial charge in [-0.05, 0) is 59.3 Å². The highest BCUT2D eigenvalue weighted by molar-refractivity contribution is 9.10. The minimum atomic E-state index is -3.54. The fourth-order valence-corrected chi connectivity index (χ4v) is 5.38. The Balaban J connectivity index is 2.28. The van der Waals surface area contributed by atoms with Crippen LogP contribution in [0.1, 0.15) is 38.2 Å². The van der Waals surface area contributed by atoms with Crippen molar-refractivity contribution in [2.45, 2.75) is 50.5 Å². The Kier molecular flexibility index (Phi) is 5.16. The van der Waals surface area contributed by atoms with Crippen molar-refractivity contribution in [3.63, 3.8) is 0 Å². The molecule has 1 fully saturated rings. The molecule has 0 aliphatic heterocycles. The summed E-state index contributed by atoms with van der Waals surface area (Å²) in [4.78, 5) is 0.214. The standard InChI is InChI=1S/C14H19BrClNO2S/c1-9-5-3-4-6-13(9)17-20(18,19)14-8-12(16)10(2)7-11(14)15/h7-9,13,17H,3-6H2,1-2H3/t9-,13+/m0/s1. The zero-order valence-electron chi connectivity index (χ0n) is 11.6. The van der Waals surface area contributed by atoms with E-state index in [0.717, 1.165) is 24.8 Å². The van der Waals surface area contributed by atoms with E-state index in [2.05, 4.69) is 27.6 Å². The van der Waals surface area contributed by atoms with Crippen molar-refractivity contribution < 1.29 is 8.42 Å². The van der Waals surface area contributed by atoms with Crippen molar-refractivity contribution in [2.75, 3.05) is 0 Å². The van der Waals surface area contributed by atoms with Gasteiger partial charge in [-0.3, -0.25) is 0 Å². The van der Waals surface area contributed by atoms with Crippen LogP contribution >= 0.6 is 27.5 Å². The van der Waals surface area contributed by atoms with Gasteiger partial charge in [0.05, 0.1) is 4.90 Å². The Bertz CT molecular complexity index is 603. The summed E-state index contributed by atoms with van der Waals surface area (Å²) >= 11 is 9.37. The molecule has 1 aliphatic rings. The van der Waals surface area contributed by atoms with Crippen LogP contribution in [0.2, 0.25) is 5.02 Å². The molecule has 6 heteroatoms. The van der Waals surface area contributed by atoms with Crippen molar-refractivity contribution in [1.29, 1.82) is 0 Å². The van der Waals surface area contributed by atoms with E-state index >= 15 is 0 Å². The maximum absolute atomic E-state index is 12.5. The van der Waals surface area contributed by atoms with Gasteiger partial charge in [0.15, 0.2) is 0 Å².